The fourth-order valence-electron chi connectivity index (χ4n) is 1.50. The highest BCUT2D eigenvalue weighted by Crippen LogP contribution is 2.32. The molecule has 0 aliphatic carbocycles. The Morgan fingerprint density at radius 2 is 2.25 bits per heavy atom. The van der Waals surface area contributed by atoms with E-state index in [9.17, 15) is 8.42 Å². The van der Waals surface area contributed by atoms with Crippen molar-refractivity contribution in [3.05, 3.63) is 34.6 Å². The largest absolute Gasteiger partial charge is 0.495 e. The van der Waals surface area contributed by atoms with Crippen LogP contribution in [0.4, 0.5) is 5.69 Å². The zero-order chi connectivity index (χ0) is 14.8. The molecule has 1 heterocycles. The van der Waals surface area contributed by atoms with Crippen molar-refractivity contribution in [3.63, 3.8) is 0 Å². The minimum Gasteiger partial charge on any atom is -0.495 e. The molecule has 0 aliphatic rings. The lowest BCUT2D eigenvalue weighted by Crippen LogP contribution is -2.24. The van der Waals surface area contributed by atoms with E-state index in [1.807, 2.05) is 0 Å². The van der Waals surface area contributed by atoms with E-state index in [2.05, 4.69) is 30.3 Å². The molecule has 0 fully saturated rings. The third-order valence-electron chi connectivity index (χ3n) is 2.51. The Kier molecular flexibility index (Phi) is 4.31. The number of anilines is 1. The zero-order valence-electron chi connectivity index (χ0n) is 10.5. The predicted octanol–water partition coefficient (Wildman–Crippen LogP) is 1.51. The lowest BCUT2D eigenvalue weighted by atomic mass is 10.3. The number of nitrogens with two attached hydrogens (primary N) is 1. The Labute approximate surface area is 124 Å². The molecule has 7 nitrogen and oxygen atoms in total. The molecule has 9 heteroatoms. The lowest BCUT2D eigenvalue weighted by molar-refractivity contribution is 0.401. The van der Waals surface area contributed by atoms with E-state index in [1.54, 1.807) is 6.07 Å². The molecule has 0 radical (unpaired) electrons. The lowest BCUT2D eigenvalue weighted by Gasteiger charge is -2.12. The molecule has 0 saturated carbocycles. The van der Waals surface area contributed by atoms with Gasteiger partial charge in [0, 0.05) is 16.2 Å². The third kappa shape index (κ3) is 3.11. The molecule has 108 valence electrons. The second-order valence-corrected chi connectivity index (χ2v) is 6.43. The van der Waals surface area contributed by atoms with Crippen LogP contribution in [0.15, 0.2) is 38.4 Å². The molecule has 0 unspecified atom stereocenters. The van der Waals surface area contributed by atoms with E-state index in [0.29, 0.717) is 15.9 Å². The molecule has 3 N–H and O–H groups in total. The van der Waals surface area contributed by atoms with E-state index in [-0.39, 0.29) is 17.2 Å². The van der Waals surface area contributed by atoms with Crippen molar-refractivity contribution in [2.45, 2.75) is 11.4 Å². The molecule has 20 heavy (non-hydrogen) atoms. The molecule has 1 aromatic heterocycles. The van der Waals surface area contributed by atoms with Gasteiger partial charge in [-0.2, -0.15) is 0 Å². The maximum Gasteiger partial charge on any atom is 0.244 e. The van der Waals surface area contributed by atoms with Crippen LogP contribution in [0.25, 0.3) is 0 Å². The first-order valence-electron chi connectivity index (χ1n) is 5.46. The molecule has 1 aromatic carbocycles. The highest BCUT2D eigenvalue weighted by atomic mass is 79.9. The van der Waals surface area contributed by atoms with Gasteiger partial charge in [-0.1, -0.05) is 5.16 Å². The first-order valence-corrected chi connectivity index (χ1v) is 7.73. The monoisotopic (exact) mass is 361 g/mol. The summed E-state index contributed by atoms with van der Waals surface area (Å²) in [6, 6.07) is 4.39. The van der Waals surface area contributed by atoms with Gasteiger partial charge in [-0.05, 0) is 28.1 Å². The first kappa shape index (κ1) is 14.8. The molecular weight excluding hydrogens is 350 g/mol. The average Bonchev–Trinajstić information content (AvgIpc) is 2.92. The number of nitrogens with one attached hydrogen (secondary N) is 1. The van der Waals surface area contributed by atoms with E-state index >= 15 is 0 Å². The molecule has 2 aromatic rings. The number of rotatable bonds is 5. The number of ether oxygens (including phenoxy) is 1. The SMILES string of the molecule is COc1cc(Br)c(N)cc1S(=O)(=O)NCc1ccon1. The van der Waals surface area contributed by atoms with Gasteiger partial charge in [-0.3, -0.25) is 0 Å². The summed E-state index contributed by atoms with van der Waals surface area (Å²) >= 11 is 3.22. The average molecular weight is 362 g/mol. The number of nitrogens with zero attached hydrogens (tertiary/aromatic N) is 1. The summed E-state index contributed by atoms with van der Waals surface area (Å²) in [4.78, 5) is -0.0378. The van der Waals surface area contributed by atoms with Crippen LogP contribution in [0.1, 0.15) is 5.69 Å². The number of hydrogen-bond donors (Lipinski definition) is 2. The molecule has 0 atom stereocenters. The van der Waals surface area contributed by atoms with Gasteiger partial charge in [-0.25, -0.2) is 13.1 Å². The van der Waals surface area contributed by atoms with Crippen molar-refractivity contribution in [2.24, 2.45) is 0 Å². The Hall–Kier alpha value is -1.58. The summed E-state index contributed by atoms with van der Waals surface area (Å²) < 4.78 is 37.2. The van der Waals surface area contributed by atoms with Gasteiger partial charge in [0.15, 0.2) is 0 Å². The normalized spacial score (nSPS) is 11.5. The Balaban J connectivity index is 2.31. The number of halogens is 1. The highest BCUT2D eigenvalue weighted by molar-refractivity contribution is 9.10. The van der Waals surface area contributed by atoms with Gasteiger partial charge < -0.3 is 15.0 Å². The molecule has 2 rings (SSSR count). The van der Waals surface area contributed by atoms with Gasteiger partial charge >= 0.3 is 0 Å². The van der Waals surface area contributed by atoms with Gasteiger partial charge in [0.1, 0.15) is 16.9 Å². The quantitative estimate of drug-likeness (QED) is 0.781. The van der Waals surface area contributed by atoms with Crippen LogP contribution in [0.5, 0.6) is 5.75 Å². The molecule has 0 spiro atoms. The van der Waals surface area contributed by atoms with Crippen molar-refractivity contribution in [1.29, 1.82) is 0 Å². The summed E-state index contributed by atoms with van der Waals surface area (Å²) in [6.45, 7) is 0.0119. The molecule has 0 bridgehead atoms. The van der Waals surface area contributed by atoms with Crippen molar-refractivity contribution >= 4 is 31.6 Å². The number of sulfonamides is 1. The fraction of sp³-hybridized carbons (Fsp3) is 0.182. The topological polar surface area (TPSA) is 107 Å². The number of hydrogen-bond acceptors (Lipinski definition) is 6. The zero-order valence-corrected chi connectivity index (χ0v) is 12.9. The van der Waals surface area contributed by atoms with Crippen LogP contribution >= 0.6 is 15.9 Å². The summed E-state index contributed by atoms with van der Waals surface area (Å²) in [5, 5.41) is 3.62. The van der Waals surface area contributed by atoms with Crippen LogP contribution < -0.4 is 15.2 Å². The molecular formula is C11H12BrN3O4S. The van der Waals surface area contributed by atoms with E-state index < -0.39 is 10.0 Å². The van der Waals surface area contributed by atoms with Gasteiger partial charge in [-0.15, -0.1) is 0 Å². The second kappa shape index (κ2) is 5.81. The van der Waals surface area contributed by atoms with Crippen LogP contribution in [0.2, 0.25) is 0 Å². The van der Waals surface area contributed by atoms with Crippen LogP contribution in [0.3, 0.4) is 0 Å². The summed E-state index contributed by atoms with van der Waals surface area (Å²) in [7, 11) is -2.39. The van der Waals surface area contributed by atoms with E-state index in [4.69, 9.17) is 10.5 Å². The Bertz CT molecular complexity index is 701. The second-order valence-electron chi connectivity index (χ2n) is 3.84. The van der Waals surface area contributed by atoms with Crippen molar-refractivity contribution < 1.29 is 17.7 Å². The van der Waals surface area contributed by atoms with Crippen LogP contribution in [-0.4, -0.2) is 20.7 Å². The predicted molar refractivity (Wildman–Crippen MR) is 75.6 cm³/mol. The summed E-state index contributed by atoms with van der Waals surface area (Å²) in [5.41, 5.74) is 6.48. The third-order valence-corrected chi connectivity index (χ3v) is 4.62. The number of aromatic nitrogens is 1. The fourth-order valence-corrected chi connectivity index (χ4v) is 3.00. The minimum atomic E-state index is -3.78. The van der Waals surface area contributed by atoms with Crippen molar-refractivity contribution in [1.82, 2.24) is 9.88 Å². The molecule has 0 amide bonds. The smallest absolute Gasteiger partial charge is 0.244 e. The standard InChI is InChI=1S/C11H12BrN3O4S/c1-18-10-4-8(12)9(13)5-11(10)20(16,17)14-6-7-2-3-19-15-7/h2-5,14H,6,13H2,1H3. The maximum atomic E-state index is 12.3. The molecule has 0 saturated heterocycles. The first-order chi connectivity index (χ1) is 9.44. The number of benzene rings is 1. The number of nitrogen functional groups attached to an aromatic ring is 1. The highest BCUT2D eigenvalue weighted by Gasteiger charge is 2.21. The number of methoxy groups -OCH3 is 1. The van der Waals surface area contributed by atoms with Gasteiger partial charge in [0.2, 0.25) is 10.0 Å². The van der Waals surface area contributed by atoms with Gasteiger partial charge in [0.05, 0.1) is 19.3 Å². The minimum absolute atomic E-state index is 0.0119. The maximum absolute atomic E-state index is 12.3. The van der Waals surface area contributed by atoms with Gasteiger partial charge in [0.25, 0.3) is 0 Å². The van der Waals surface area contributed by atoms with Crippen LogP contribution in [-0.2, 0) is 16.6 Å². The van der Waals surface area contributed by atoms with Crippen LogP contribution in [0, 0.1) is 0 Å². The van der Waals surface area contributed by atoms with E-state index in [1.165, 1.54) is 25.5 Å². The Morgan fingerprint density at radius 1 is 1.50 bits per heavy atom. The molecule has 0 aliphatic heterocycles. The summed E-state index contributed by atoms with van der Waals surface area (Å²) in [6.07, 6.45) is 1.36. The van der Waals surface area contributed by atoms with Crippen molar-refractivity contribution in [2.75, 3.05) is 12.8 Å². The Morgan fingerprint density at radius 3 is 2.85 bits per heavy atom. The van der Waals surface area contributed by atoms with Crippen molar-refractivity contribution in [3.8, 4) is 5.75 Å². The summed E-state index contributed by atoms with van der Waals surface area (Å²) in [5.74, 6) is 0.193. The van der Waals surface area contributed by atoms with E-state index in [0.717, 1.165) is 0 Å².